The molecule has 0 amide bonds. The van der Waals surface area contributed by atoms with Crippen molar-refractivity contribution < 1.29 is 4.42 Å². The summed E-state index contributed by atoms with van der Waals surface area (Å²) in [6.07, 6.45) is 3.25. The number of hydrogen-bond acceptors (Lipinski definition) is 1. The molecule has 1 aromatic heterocycles. The second kappa shape index (κ2) is 2.27. The average molecular weight is 143 g/mol. The van der Waals surface area contributed by atoms with Crippen LogP contribution in [0.25, 0.3) is 17.0 Å². The third-order valence-corrected chi connectivity index (χ3v) is 1.71. The highest BCUT2D eigenvalue weighted by atomic mass is 16.3. The predicted molar refractivity (Wildman–Crippen MR) is 45.0 cm³/mol. The van der Waals surface area contributed by atoms with Crippen LogP contribution in [0.4, 0.5) is 0 Å². The van der Waals surface area contributed by atoms with E-state index in [1.807, 2.05) is 24.3 Å². The molecule has 0 aliphatic heterocycles. The molecule has 0 unspecified atom stereocenters. The molecule has 0 aliphatic rings. The molecule has 1 heteroatoms. The van der Waals surface area contributed by atoms with Crippen molar-refractivity contribution in [2.75, 3.05) is 0 Å². The highest BCUT2D eigenvalue weighted by molar-refractivity contribution is 5.86. The molecule has 1 aromatic carbocycles. The Morgan fingerprint density at radius 1 is 1.27 bits per heavy atom. The van der Waals surface area contributed by atoms with Crippen LogP contribution in [-0.2, 0) is 0 Å². The zero-order valence-electron chi connectivity index (χ0n) is 5.95. The Morgan fingerprint density at radius 2 is 2.18 bits per heavy atom. The van der Waals surface area contributed by atoms with Crippen LogP contribution < -0.4 is 0 Å². The molecule has 11 heavy (non-hydrogen) atoms. The van der Waals surface area contributed by atoms with E-state index in [9.17, 15) is 0 Å². The molecule has 1 radical (unpaired) electrons. The van der Waals surface area contributed by atoms with Crippen molar-refractivity contribution in [3.63, 3.8) is 0 Å². The molecule has 2 aromatic rings. The smallest absolute Gasteiger partial charge is 0.134 e. The highest BCUT2D eigenvalue weighted by Gasteiger charge is 1.97. The molecular weight excluding hydrogens is 136 g/mol. The van der Waals surface area contributed by atoms with Gasteiger partial charge >= 0.3 is 0 Å². The monoisotopic (exact) mass is 143 g/mol. The molecule has 0 bridgehead atoms. The Labute approximate surface area is 64.9 Å². The van der Waals surface area contributed by atoms with E-state index in [1.54, 1.807) is 12.3 Å². The van der Waals surface area contributed by atoms with E-state index in [0.29, 0.717) is 0 Å². The standard InChI is InChI=1S/C10H7O/c1-2-8-4-3-5-10-9(8)6-7-11-10/h1-7H. The second-order valence-corrected chi connectivity index (χ2v) is 2.35. The largest absolute Gasteiger partial charge is 0.464 e. The molecule has 2 rings (SSSR count). The Bertz CT molecular complexity index is 384. The molecule has 0 saturated carbocycles. The number of furan rings is 1. The third-order valence-electron chi connectivity index (χ3n) is 1.71. The molecule has 1 heterocycles. The number of benzene rings is 1. The van der Waals surface area contributed by atoms with Crippen molar-refractivity contribution in [3.8, 4) is 0 Å². The molecule has 0 spiro atoms. The SMILES string of the molecule is [CH]=Cc1cccc2occc12. The van der Waals surface area contributed by atoms with Gasteiger partial charge in [0.1, 0.15) is 5.58 Å². The normalized spacial score (nSPS) is 10.2. The van der Waals surface area contributed by atoms with E-state index in [0.717, 1.165) is 16.5 Å². The van der Waals surface area contributed by atoms with E-state index in [1.165, 1.54) is 0 Å². The van der Waals surface area contributed by atoms with Gasteiger partial charge in [-0.2, -0.15) is 0 Å². The first-order valence-corrected chi connectivity index (χ1v) is 3.43. The second-order valence-electron chi connectivity index (χ2n) is 2.35. The van der Waals surface area contributed by atoms with E-state index in [-0.39, 0.29) is 0 Å². The summed E-state index contributed by atoms with van der Waals surface area (Å²) in [5.74, 6) is 0. The van der Waals surface area contributed by atoms with Gasteiger partial charge in [-0.25, -0.2) is 0 Å². The van der Waals surface area contributed by atoms with E-state index in [2.05, 4.69) is 0 Å². The van der Waals surface area contributed by atoms with Crippen molar-refractivity contribution in [2.45, 2.75) is 0 Å². The van der Waals surface area contributed by atoms with Gasteiger partial charge in [0.25, 0.3) is 0 Å². The molecule has 0 saturated heterocycles. The van der Waals surface area contributed by atoms with Gasteiger partial charge in [0.15, 0.2) is 0 Å². The minimum atomic E-state index is 0.879. The summed E-state index contributed by atoms with van der Waals surface area (Å²) < 4.78 is 5.18. The van der Waals surface area contributed by atoms with E-state index < -0.39 is 0 Å². The maximum Gasteiger partial charge on any atom is 0.134 e. The lowest BCUT2D eigenvalue weighted by Gasteiger charge is -1.92. The lowest BCUT2D eigenvalue weighted by Crippen LogP contribution is -1.70. The lowest BCUT2D eigenvalue weighted by atomic mass is 10.1. The van der Waals surface area contributed by atoms with E-state index >= 15 is 0 Å². The first-order chi connectivity index (χ1) is 5.42. The number of rotatable bonds is 1. The van der Waals surface area contributed by atoms with Crippen molar-refractivity contribution in [1.82, 2.24) is 0 Å². The van der Waals surface area contributed by atoms with Gasteiger partial charge in [-0.1, -0.05) is 24.8 Å². The topological polar surface area (TPSA) is 13.1 Å². The minimum Gasteiger partial charge on any atom is -0.464 e. The van der Waals surface area contributed by atoms with Gasteiger partial charge in [0, 0.05) is 5.39 Å². The zero-order valence-corrected chi connectivity index (χ0v) is 5.95. The summed E-state index contributed by atoms with van der Waals surface area (Å²) in [5.41, 5.74) is 1.89. The molecular formula is C10H7O. The van der Waals surface area contributed by atoms with Gasteiger partial charge in [-0.05, 0) is 17.7 Å². The van der Waals surface area contributed by atoms with Crippen LogP contribution >= 0.6 is 0 Å². The summed E-state index contributed by atoms with van der Waals surface area (Å²) in [5, 5.41) is 1.06. The van der Waals surface area contributed by atoms with Crippen molar-refractivity contribution in [2.24, 2.45) is 0 Å². The first kappa shape index (κ1) is 6.23. The Balaban J connectivity index is 2.88. The zero-order chi connectivity index (χ0) is 7.68. The van der Waals surface area contributed by atoms with Crippen LogP contribution in [0.2, 0.25) is 0 Å². The number of hydrogen-bond donors (Lipinski definition) is 0. The summed E-state index contributed by atoms with van der Waals surface area (Å²) in [4.78, 5) is 0. The molecule has 1 nitrogen and oxygen atoms in total. The van der Waals surface area contributed by atoms with Crippen molar-refractivity contribution >= 4 is 17.0 Å². The summed E-state index contributed by atoms with van der Waals surface area (Å²) in [6.45, 7) is 5.41. The van der Waals surface area contributed by atoms with E-state index in [4.69, 9.17) is 11.0 Å². The van der Waals surface area contributed by atoms with Crippen LogP contribution in [0.5, 0.6) is 0 Å². The fourth-order valence-corrected chi connectivity index (χ4v) is 1.16. The van der Waals surface area contributed by atoms with Gasteiger partial charge < -0.3 is 4.42 Å². The maximum absolute atomic E-state index is 5.41. The molecule has 0 N–H and O–H groups in total. The molecule has 0 aliphatic carbocycles. The van der Waals surface area contributed by atoms with Gasteiger partial charge in [-0.15, -0.1) is 0 Å². The van der Waals surface area contributed by atoms with Gasteiger partial charge in [-0.3, -0.25) is 0 Å². The number of fused-ring (bicyclic) bond motifs is 1. The van der Waals surface area contributed by atoms with Crippen molar-refractivity contribution in [3.05, 3.63) is 42.7 Å². The van der Waals surface area contributed by atoms with Crippen LogP contribution in [0.15, 0.2) is 34.9 Å². The van der Waals surface area contributed by atoms with Crippen molar-refractivity contribution in [1.29, 1.82) is 0 Å². The van der Waals surface area contributed by atoms with Crippen LogP contribution in [-0.4, -0.2) is 0 Å². The van der Waals surface area contributed by atoms with Gasteiger partial charge in [0.05, 0.1) is 6.26 Å². The van der Waals surface area contributed by atoms with Crippen LogP contribution in [0.1, 0.15) is 5.56 Å². The summed E-state index contributed by atoms with van der Waals surface area (Å²) in [7, 11) is 0. The van der Waals surface area contributed by atoms with Crippen LogP contribution in [0.3, 0.4) is 0 Å². The minimum absolute atomic E-state index is 0.879. The molecule has 0 atom stereocenters. The fraction of sp³-hybridized carbons (Fsp3) is 0. The first-order valence-electron chi connectivity index (χ1n) is 3.43. The van der Waals surface area contributed by atoms with Crippen LogP contribution in [0, 0.1) is 6.58 Å². The van der Waals surface area contributed by atoms with Gasteiger partial charge in [0.2, 0.25) is 0 Å². The Morgan fingerprint density at radius 3 is 3.00 bits per heavy atom. The molecule has 0 fully saturated rings. The Kier molecular flexibility index (Phi) is 1.29. The third kappa shape index (κ3) is 0.855. The average Bonchev–Trinajstić information content (AvgIpc) is 2.50. The maximum atomic E-state index is 5.41. The highest BCUT2D eigenvalue weighted by Crippen LogP contribution is 2.19. The molecule has 53 valence electrons. The summed E-state index contributed by atoms with van der Waals surface area (Å²) >= 11 is 0. The quantitative estimate of drug-likeness (QED) is 0.598. The summed E-state index contributed by atoms with van der Waals surface area (Å²) in [6, 6.07) is 7.71. The lowest BCUT2D eigenvalue weighted by molar-refractivity contribution is 0.616. The predicted octanol–water partition coefficient (Wildman–Crippen LogP) is 2.88. The fourth-order valence-electron chi connectivity index (χ4n) is 1.16. The Hall–Kier alpha value is -1.50.